The minimum Gasteiger partial charge on any atom is -0.494 e. The van der Waals surface area contributed by atoms with Crippen LogP contribution in [0.1, 0.15) is 23.7 Å². The number of thiocarbonyl (C=S) groups is 1. The Kier molecular flexibility index (Phi) is 5.22. The number of ether oxygens (including phenoxy) is 1. The van der Waals surface area contributed by atoms with E-state index in [1.165, 1.54) is 0 Å². The first-order valence-corrected chi connectivity index (χ1v) is 5.63. The summed E-state index contributed by atoms with van der Waals surface area (Å²) in [5.41, 5.74) is 10.4. The maximum atomic E-state index is 11.5. The Morgan fingerprint density at radius 3 is 2.53 bits per heavy atom. The van der Waals surface area contributed by atoms with E-state index in [-0.39, 0.29) is 11.0 Å². The molecule has 0 aliphatic rings. The fraction of sp³-hybridized carbons (Fsp3) is 0.273. The van der Waals surface area contributed by atoms with E-state index >= 15 is 0 Å². The number of carbonyl (C=O) groups is 1. The Hall–Kier alpha value is -1.82. The molecule has 5 nitrogen and oxygen atoms in total. The first kappa shape index (κ1) is 13.2. The zero-order valence-electron chi connectivity index (χ0n) is 9.53. The van der Waals surface area contributed by atoms with Gasteiger partial charge in [0.25, 0.3) is 5.91 Å². The first-order chi connectivity index (χ1) is 8.13. The molecule has 92 valence electrons. The van der Waals surface area contributed by atoms with Gasteiger partial charge in [0.1, 0.15) is 5.75 Å². The Balaban J connectivity index is 2.54. The largest absolute Gasteiger partial charge is 0.494 e. The van der Waals surface area contributed by atoms with Crippen molar-refractivity contribution in [1.29, 1.82) is 0 Å². The summed E-state index contributed by atoms with van der Waals surface area (Å²) in [6, 6.07) is 6.82. The zero-order chi connectivity index (χ0) is 12.7. The average molecular weight is 253 g/mol. The minimum absolute atomic E-state index is 0.0150. The molecule has 6 heteroatoms. The molecule has 4 N–H and O–H groups in total. The van der Waals surface area contributed by atoms with Crippen LogP contribution >= 0.6 is 12.2 Å². The summed E-state index contributed by atoms with van der Waals surface area (Å²) in [5.74, 6) is 0.436. The Morgan fingerprint density at radius 1 is 1.35 bits per heavy atom. The maximum Gasteiger partial charge on any atom is 0.269 e. The first-order valence-electron chi connectivity index (χ1n) is 5.22. The third-order valence-corrected chi connectivity index (χ3v) is 1.99. The van der Waals surface area contributed by atoms with Crippen LogP contribution in [0.15, 0.2) is 24.3 Å². The molecule has 0 bridgehead atoms. The van der Waals surface area contributed by atoms with Gasteiger partial charge in [-0.2, -0.15) is 0 Å². The van der Waals surface area contributed by atoms with Crippen LogP contribution in [-0.4, -0.2) is 17.6 Å². The second-order valence-corrected chi connectivity index (χ2v) is 3.76. The molecule has 0 unspecified atom stereocenters. The highest BCUT2D eigenvalue weighted by Gasteiger charge is 2.04. The number of nitrogens with two attached hydrogens (primary N) is 1. The van der Waals surface area contributed by atoms with E-state index in [4.69, 9.17) is 10.5 Å². The highest BCUT2D eigenvalue weighted by molar-refractivity contribution is 7.80. The van der Waals surface area contributed by atoms with Crippen molar-refractivity contribution in [3.8, 4) is 5.75 Å². The second-order valence-electron chi connectivity index (χ2n) is 3.32. The highest BCUT2D eigenvalue weighted by Crippen LogP contribution is 2.12. The standard InChI is InChI=1S/C11H15N3O2S/c1-2-7-16-9-5-3-8(4-6-9)10(15)13-14-11(12)17/h3-6H,2,7H2,1H3,(H,13,15)(H3,12,14,17). The van der Waals surface area contributed by atoms with Crippen molar-refractivity contribution in [2.24, 2.45) is 5.73 Å². The van der Waals surface area contributed by atoms with Gasteiger partial charge >= 0.3 is 0 Å². The van der Waals surface area contributed by atoms with Crippen LogP contribution in [0.2, 0.25) is 0 Å². The van der Waals surface area contributed by atoms with Gasteiger partial charge < -0.3 is 10.5 Å². The van der Waals surface area contributed by atoms with Crippen LogP contribution in [-0.2, 0) is 0 Å². The number of rotatable bonds is 4. The number of benzene rings is 1. The number of hydrogen-bond acceptors (Lipinski definition) is 3. The number of hydrogen-bond donors (Lipinski definition) is 3. The lowest BCUT2D eigenvalue weighted by molar-refractivity contribution is 0.0944. The van der Waals surface area contributed by atoms with Gasteiger partial charge in [-0.1, -0.05) is 6.92 Å². The van der Waals surface area contributed by atoms with Gasteiger partial charge in [0.15, 0.2) is 5.11 Å². The Morgan fingerprint density at radius 2 is 2.00 bits per heavy atom. The van der Waals surface area contributed by atoms with Crippen molar-refractivity contribution in [2.75, 3.05) is 6.61 Å². The van der Waals surface area contributed by atoms with Crippen LogP contribution in [0.3, 0.4) is 0 Å². The topological polar surface area (TPSA) is 76.4 Å². The van der Waals surface area contributed by atoms with E-state index in [0.717, 1.165) is 12.2 Å². The van der Waals surface area contributed by atoms with Gasteiger partial charge in [-0.05, 0) is 42.9 Å². The lowest BCUT2D eigenvalue weighted by Crippen LogP contribution is -2.44. The van der Waals surface area contributed by atoms with E-state index in [0.29, 0.717) is 12.2 Å². The Labute approximate surface area is 105 Å². The third-order valence-electron chi connectivity index (χ3n) is 1.89. The fourth-order valence-electron chi connectivity index (χ4n) is 1.11. The fourth-order valence-corrected chi connectivity index (χ4v) is 1.16. The van der Waals surface area contributed by atoms with Crippen LogP contribution in [0.25, 0.3) is 0 Å². The van der Waals surface area contributed by atoms with Crippen molar-refractivity contribution in [3.63, 3.8) is 0 Å². The van der Waals surface area contributed by atoms with Gasteiger partial charge in [-0.15, -0.1) is 0 Å². The van der Waals surface area contributed by atoms with Crippen molar-refractivity contribution < 1.29 is 9.53 Å². The molecule has 0 spiro atoms. The van der Waals surface area contributed by atoms with E-state index in [1.54, 1.807) is 24.3 Å². The molecule has 0 fully saturated rings. The number of carbonyl (C=O) groups excluding carboxylic acids is 1. The minimum atomic E-state index is -0.306. The normalized spacial score (nSPS) is 9.47. The molecule has 1 rings (SSSR count). The van der Waals surface area contributed by atoms with Gasteiger partial charge in [-0.3, -0.25) is 15.6 Å². The van der Waals surface area contributed by atoms with Crippen LogP contribution in [0.4, 0.5) is 0 Å². The molecule has 0 aliphatic carbocycles. The summed E-state index contributed by atoms with van der Waals surface area (Å²) in [7, 11) is 0. The van der Waals surface area contributed by atoms with E-state index in [9.17, 15) is 4.79 Å². The molecule has 1 aromatic rings. The molecule has 0 radical (unpaired) electrons. The van der Waals surface area contributed by atoms with Crippen LogP contribution in [0, 0.1) is 0 Å². The van der Waals surface area contributed by atoms with Crippen molar-refractivity contribution in [1.82, 2.24) is 10.9 Å². The van der Waals surface area contributed by atoms with Crippen molar-refractivity contribution >= 4 is 23.2 Å². The lowest BCUT2D eigenvalue weighted by atomic mass is 10.2. The number of nitrogens with one attached hydrogen (secondary N) is 2. The quantitative estimate of drug-likeness (QED) is 0.550. The van der Waals surface area contributed by atoms with Gasteiger partial charge in [0.2, 0.25) is 0 Å². The van der Waals surface area contributed by atoms with Crippen LogP contribution < -0.4 is 21.3 Å². The van der Waals surface area contributed by atoms with E-state index in [2.05, 4.69) is 23.1 Å². The van der Waals surface area contributed by atoms with Gasteiger partial charge in [-0.25, -0.2) is 0 Å². The molecular weight excluding hydrogens is 238 g/mol. The van der Waals surface area contributed by atoms with Crippen molar-refractivity contribution in [2.45, 2.75) is 13.3 Å². The van der Waals surface area contributed by atoms with Gasteiger partial charge in [0.05, 0.1) is 6.61 Å². The molecule has 0 saturated heterocycles. The molecule has 0 heterocycles. The summed E-state index contributed by atoms with van der Waals surface area (Å²) < 4.78 is 5.40. The molecule has 1 aromatic carbocycles. The maximum absolute atomic E-state index is 11.5. The summed E-state index contributed by atoms with van der Waals surface area (Å²) in [6.07, 6.45) is 0.945. The summed E-state index contributed by atoms with van der Waals surface area (Å²) in [4.78, 5) is 11.5. The lowest BCUT2D eigenvalue weighted by Gasteiger charge is -2.07. The molecule has 0 aromatic heterocycles. The smallest absolute Gasteiger partial charge is 0.269 e. The summed E-state index contributed by atoms with van der Waals surface area (Å²) in [6.45, 7) is 2.69. The summed E-state index contributed by atoms with van der Waals surface area (Å²) >= 11 is 4.56. The highest BCUT2D eigenvalue weighted by atomic mass is 32.1. The second kappa shape index (κ2) is 6.70. The van der Waals surface area contributed by atoms with Gasteiger partial charge in [0, 0.05) is 5.56 Å². The van der Waals surface area contributed by atoms with Crippen molar-refractivity contribution in [3.05, 3.63) is 29.8 Å². The molecule has 1 amide bonds. The third kappa shape index (κ3) is 4.69. The SMILES string of the molecule is CCCOc1ccc(C(=O)NNC(N)=S)cc1. The Bertz CT molecular complexity index is 392. The van der Waals surface area contributed by atoms with E-state index < -0.39 is 0 Å². The molecule has 0 atom stereocenters. The number of hydrazine groups is 1. The zero-order valence-corrected chi connectivity index (χ0v) is 10.3. The predicted molar refractivity (Wildman–Crippen MR) is 69.6 cm³/mol. The predicted octanol–water partition coefficient (Wildman–Crippen LogP) is 0.953. The molecule has 0 aliphatic heterocycles. The molecular formula is C11H15N3O2S. The monoisotopic (exact) mass is 253 g/mol. The molecule has 0 saturated carbocycles. The average Bonchev–Trinajstić information content (AvgIpc) is 2.34. The van der Waals surface area contributed by atoms with Crippen LogP contribution in [0.5, 0.6) is 5.75 Å². The number of amides is 1. The molecule has 17 heavy (non-hydrogen) atoms. The summed E-state index contributed by atoms with van der Waals surface area (Å²) in [5, 5.41) is 0.0150. The van der Waals surface area contributed by atoms with E-state index in [1.807, 2.05) is 6.92 Å².